The molecule has 1 unspecified atom stereocenters. The fourth-order valence-electron chi connectivity index (χ4n) is 3.60. The molecule has 0 saturated heterocycles. The Kier molecular flexibility index (Phi) is 6.50. The van der Waals surface area contributed by atoms with Gasteiger partial charge >= 0.3 is 0 Å². The molecule has 6 nitrogen and oxygen atoms in total. The Labute approximate surface area is 175 Å². The maximum atomic E-state index is 13.3. The molecule has 1 heterocycles. The number of halogens is 1. The van der Waals surface area contributed by atoms with Gasteiger partial charge < -0.3 is 15.1 Å². The summed E-state index contributed by atoms with van der Waals surface area (Å²) in [6.45, 7) is 2.17. The number of anilines is 1. The van der Waals surface area contributed by atoms with Crippen molar-refractivity contribution in [2.45, 2.75) is 38.8 Å². The van der Waals surface area contributed by atoms with Crippen LogP contribution >= 0.6 is 0 Å². The minimum absolute atomic E-state index is 0.0619. The smallest absolute Gasteiger partial charge is 0.254 e. The van der Waals surface area contributed by atoms with Crippen LogP contribution < -0.4 is 5.32 Å². The van der Waals surface area contributed by atoms with E-state index in [4.69, 9.17) is 0 Å². The zero-order valence-corrected chi connectivity index (χ0v) is 17.4. The van der Waals surface area contributed by atoms with E-state index >= 15 is 0 Å². The third kappa shape index (κ3) is 4.67. The topological polar surface area (TPSA) is 69.7 Å². The van der Waals surface area contributed by atoms with Gasteiger partial charge in [-0.05, 0) is 53.9 Å². The summed E-state index contributed by atoms with van der Waals surface area (Å²) in [5.74, 6) is -0.991. The van der Waals surface area contributed by atoms with E-state index in [2.05, 4.69) is 5.32 Å². The molecule has 0 aliphatic carbocycles. The molecule has 0 spiro atoms. The lowest BCUT2D eigenvalue weighted by Crippen LogP contribution is -2.52. The lowest BCUT2D eigenvalue weighted by atomic mass is 9.92. The van der Waals surface area contributed by atoms with Crippen LogP contribution in [0.5, 0.6) is 0 Å². The Morgan fingerprint density at radius 3 is 2.43 bits per heavy atom. The predicted octanol–water partition coefficient (Wildman–Crippen LogP) is 3.22. The van der Waals surface area contributed by atoms with E-state index < -0.39 is 11.9 Å². The molecule has 0 bridgehead atoms. The van der Waals surface area contributed by atoms with Gasteiger partial charge in [0, 0.05) is 44.7 Å². The van der Waals surface area contributed by atoms with Gasteiger partial charge in [0.1, 0.15) is 11.9 Å². The van der Waals surface area contributed by atoms with Gasteiger partial charge in [0.05, 0.1) is 0 Å². The molecule has 1 N–H and O–H groups in total. The quantitative estimate of drug-likeness (QED) is 0.821. The van der Waals surface area contributed by atoms with E-state index in [0.29, 0.717) is 24.1 Å². The van der Waals surface area contributed by atoms with Gasteiger partial charge in [-0.15, -0.1) is 0 Å². The molecule has 1 aliphatic rings. The summed E-state index contributed by atoms with van der Waals surface area (Å²) in [6, 6.07) is 10.2. The van der Waals surface area contributed by atoms with E-state index in [1.54, 1.807) is 14.1 Å². The highest BCUT2D eigenvalue weighted by molar-refractivity contribution is 5.98. The first-order valence-corrected chi connectivity index (χ1v) is 9.99. The van der Waals surface area contributed by atoms with Gasteiger partial charge in [0.2, 0.25) is 11.8 Å². The van der Waals surface area contributed by atoms with Crippen LogP contribution in [0.1, 0.15) is 41.3 Å². The third-order valence-corrected chi connectivity index (χ3v) is 5.18. The molecule has 1 atom stereocenters. The first-order chi connectivity index (χ1) is 14.3. The van der Waals surface area contributed by atoms with Gasteiger partial charge in [-0.25, -0.2) is 4.39 Å². The van der Waals surface area contributed by atoms with Crippen LogP contribution in [-0.4, -0.2) is 47.7 Å². The van der Waals surface area contributed by atoms with Crippen molar-refractivity contribution in [2.75, 3.05) is 19.4 Å². The van der Waals surface area contributed by atoms with Crippen LogP contribution in [0.3, 0.4) is 0 Å². The molecule has 2 aromatic carbocycles. The second-order valence-electron chi connectivity index (χ2n) is 7.67. The second-order valence-corrected chi connectivity index (χ2v) is 7.67. The number of nitrogens with one attached hydrogen (secondary N) is 1. The van der Waals surface area contributed by atoms with Gasteiger partial charge in [-0.2, -0.15) is 0 Å². The molecular formula is C23H26FN3O3. The summed E-state index contributed by atoms with van der Waals surface area (Å²) >= 11 is 0. The van der Waals surface area contributed by atoms with Gasteiger partial charge in [-0.3, -0.25) is 14.4 Å². The normalized spacial score (nSPS) is 15.3. The molecule has 158 valence electrons. The molecule has 30 heavy (non-hydrogen) atoms. The van der Waals surface area contributed by atoms with Crippen molar-refractivity contribution in [1.29, 1.82) is 0 Å². The van der Waals surface area contributed by atoms with Crippen LogP contribution in [0.2, 0.25) is 0 Å². The molecule has 7 heteroatoms. The molecule has 1 aliphatic heterocycles. The van der Waals surface area contributed by atoms with Crippen molar-refractivity contribution in [3.8, 4) is 0 Å². The van der Waals surface area contributed by atoms with Gasteiger partial charge in [-0.1, -0.05) is 13.0 Å². The number of rotatable bonds is 5. The van der Waals surface area contributed by atoms with Gasteiger partial charge in [0.15, 0.2) is 0 Å². The molecule has 0 fully saturated rings. The number of hydrogen-bond acceptors (Lipinski definition) is 3. The van der Waals surface area contributed by atoms with Crippen molar-refractivity contribution in [3.05, 3.63) is 65.0 Å². The first kappa shape index (κ1) is 21.5. The maximum Gasteiger partial charge on any atom is 0.254 e. The van der Waals surface area contributed by atoms with E-state index in [1.807, 2.05) is 25.1 Å². The molecule has 3 rings (SSSR count). The molecule has 0 radical (unpaired) electrons. The zero-order chi connectivity index (χ0) is 21.8. The van der Waals surface area contributed by atoms with Crippen LogP contribution in [0, 0.1) is 5.82 Å². The number of hydrogen-bond donors (Lipinski definition) is 1. The highest BCUT2D eigenvalue weighted by atomic mass is 19.1. The summed E-state index contributed by atoms with van der Waals surface area (Å²) in [4.78, 5) is 40.9. The lowest BCUT2D eigenvalue weighted by Gasteiger charge is -2.37. The van der Waals surface area contributed by atoms with E-state index in [1.165, 1.54) is 34.1 Å². The molecular weight excluding hydrogens is 385 g/mol. The predicted molar refractivity (Wildman–Crippen MR) is 112 cm³/mol. The number of carbonyl (C=O) groups excluding carboxylic acids is 3. The largest absolute Gasteiger partial charge is 0.347 e. The van der Waals surface area contributed by atoms with Crippen molar-refractivity contribution in [2.24, 2.45) is 0 Å². The Balaban J connectivity index is 1.92. The Morgan fingerprint density at radius 1 is 1.10 bits per heavy atom. The lowest BCUT2D eigenvalue weighted by molar-refractivity contribution is -0.134. The summed E-state index contributed by atoms with van der Waals surface area (Å²) < 4.78 is 13.3. The minimum Gasteiger partial charge on any atom is -0.347 e. The van der Waals surface area contributed by atoms with Crippen LogP contribution in [0.4, 0.5) is 10.1 Å². The summed E-state index contributed by atoms with van der Waals surface area (Å²) in [6.07, 6.45) is 1.57. The molecule has 3 amide bonds. The highest BCUT2D eigenvalue weighted by Crippen LogP contribution is 2.28. The SMILES string of the molecule is CCCC(=O)Nc1ccc2c(c1)CN(C(=O)c1ccc(F)cc1)C(C(=O)N(C)C)C2. The fourth-order valence-corrected chi connectivity index (χ4v) is 3.60. The summed E-state index contributed by atoms with van der Waals surface area (Å²) in [5.41, 5.74) is 2.83. The van der Waals surface area contributed by atoms with Crippen LogP contribution in [0.15, 0.2) is 42.5 Å². The number of likely N-dealkylation sites (N-methyl/N-ethyl adjacent to an activating group) is 1. The minimum atomic E-state index is -0.648. The van der Waals surface area contributed by atoms with Crippen molar-refractivity contribution < 1.29 is 18.8 Å². The summed E-state index contributed by atoms with van der Waals surface area (Å²) in [7, 11) is 3.32. The highest BCUT2D eigenvalue weighted by Gasteiger charge is 2.36. The Morgan fingerprint density at radius 2 is 1.80 bits per heavy atom. The van der Waals surface area contributed by atoms with Crippen LogP contribution in [0.25, 0.3) is 0 Å². The standard InChI is InChI=1S/C23H26FN3O3/c1-4-5-21(28)25-19-11-8-16-13-20(23(30)26(2)3)27(14-17(16)12-19)22(29)15-6-9-18(24)10-7-15/h6-12,20H,4-5,13-14H2,1-3H3,(H,25,28). The number of carbonyl (C=O) groups is 3. The number of nitrogens with zero attached hydrogens (tertiary/aromatic N) is 2. The zero-order valence-electron chi connectivity index (χ0n) is 17.4. The van der Waals surface area contributed by atoms with Gasteiger partial charge in [0.25, 0.3) is 5.91 Å². The van der Waals surface area contributed by atoms with Crippen molar-refractivity contribution in [1.82, 2.24) is 9.80 Å². The number of benzene rings is 2. The van der Waals surface area contributed by atoms with E-state index in [0.717, 1.165) is 17.5 Å². The first-order valence-electron chi connectivity index (χ1n) is 9.99. The monoisotopic (exact) mass is 411 g/mol. The van der Waals surface area contributed by atoms with Crippen molar-refractivity contribution in [3.63, 3.8) is 0 Å². The van der Waals surface area contributed by atoms with E-state index in [9.17, 15) is 18.8 Å². The fraction of sp³-hybridized carbons (Fsp3) is 0.348. The maximum absolute atomic E-state index is 13.3. The Hall–Kier alpha value is -3.22. The third-order valence-electron chi connectivity index (χ3n) is 5.18. The molecule has 0 saturated carbocycles. The van der Waals surface area contributed by atoms with Crippen molar-refractivity contribution >= 4 is 23.4 Å². The summed E-state index contributed by atoms with van der Waals surface area (Å²) in [5, 5.41) is 2.87. The number of fused-ring (bicyclic) bond motifs is 1. The van der Waals surface area contributed by atoms with Crippen LogP contribution in [-0.2, 0) is 22.6 Å². The average molecular weight is 411 g/mol. The molecule has 0 aromatic heterocycles. The average Bonchev–Trinajstić information content (AvgIpc) is 2.72. The Bertz CT molecular complexity index is 957. The molecule has 2 aromatic rings. The number of amides is 3. The second kappa shape index (κ2) is 9.07. The van der Waals surface area contributed by atoms with E-state index in [-0.39, 0.29) is 24.3 Å².